The molecule has 0 aliphatic heterocycles. The Hall–Kier alpha value is -3.13. The van der Waals surface area contributed by atoms with Crippen molar-refractivity contribution >= 4 is 38.7 Å². The van der Waals surface area contributed by atoms with Crippen LogP contribution in [0.15, 0.2) is 23.9 Å². The zero-order valence-electron chi connectivity index (χ0n) is 16.5. The van der Waals surface area contributed by atoms with Crippen LogP contribution in [-0.2, 0) is 14.9 Å². The Balaban J connectivity index is 2.26. The van der Waals surface area contributed by atoms with Gasteiger partial charge < -0.3 is 20.4 Å². The molecular weight excluding hydrogens is 443 g/mol. The second-order valence-corrected chi connectivity index (χ2v) is 8.28. The highest BCUT2D eigenvalue weighted by Gasteiger charge is 2.49. The summed E-state index contributed by atoms with van der Waals surface area (Å²) in [7, 11) is -4.48. The van der Waals surface area contributed by atoms with Crippen molar-refractivity contribution in [3.05, 3.63) is 29.5 Å². The maximum absolute atomic E-state index is 12.6. The summed E-state index contributed by atoms with van der Waals surface area (Å²) in [6, 6.07) is 0. The third-order valence-electron chi connectivity index (χ3n) is 4.78. The topological polar surface area (TPSA) is 152 Å². The Kier molecular flexibility index (Phi) is 5.48. The van der Waals surface area contributed by atoms with Gasteiger partial charge >= 0.3 is 15.6 Å². The molecule has 0 unspecified atom stereocenters. The average Bonchev–Trinajstić information content (AvgIpc) is 2.92. The highest BCUT2D eigenvalue weighted by Crippen LogP contribution is 2.38. The third-order valence-corrected chi connectivity index (χ3v) is 5.74. The molecule has 31 heavy (non-hydrogen) atoms. The van der Waals surface area contributed by atoms with E-state index in [1.165, 1.54) is 11.7 Å². The van der Waals surface area contributed by atoms with E-state index in [1.54, 1.807) is 13.0 Å². The zero-order chi connectivity index (χ0) is 23.3. The molecule has 0 saturated carbocycles. The molecule has 2 aromatic heterocycles. The number of fused-ring (bicyclic) bond motifs is 1. The number of anilines is 1. The van der Waals surface area contributed by atoms with E-state index in [9.17, 15) is 26.4 Å². The van der Waals surface area contributed by atoms with Crippen LogP contribution >= 0.6 is 0 Å². The lowest BCUT2D eigenvalue weighted by Gasteiger charge is -2.29. The van der Waals surface area contributed by atoms with Crippen LogP contribution in [0.5, 0.6) is 5.88 Å². The van der Waals surface area contributed by atoms with Crippen LogP contribution in [0.1, 0.15) is 24.2 Å². The molecule has 1 aliphatic carbocycles. The number of rotatable bonds is 5. The van der Waals surface area contributed by atoms with Crippen molar-refractivity contribution in [3.8, 4) is 5.88 Å². The lowest BCUT2D eigenvalue weighted by Crippen LogP contribution is -2.28. The first-order valence-electron chi connectivity index (χ1n) is 8.69. The summed E-state index contributed by atoms with van der Waals surface area (Å²) in [6.07, 6.45) is 3.96. The molecular formula is C17H18F3N5O5S. The van der Waals surface area contributed by atoms with Crippen LogP contribution in [0.4, 0.5) is 19.0 Å². The Bertz CT molecular complexity index is 1230. The van der Waals surface area contributed by atoms with Crippen molar-refractivity contribution in [2.24, 2.45) is 11.7 Å². The number of allylic oxidation sites excluding steroid dienone is 2. The van der Waals surface area contributed by atoms with E-state index in [-0.39, 0.29) is 34.6 Å². The summed E-state index contributed by atoms with van der Waals surface area (Å²) in [4.78, 5) is 19.7. The van der Waals surface area contributed by atoms with E-state index in [2.05, 4.69) is 14.2 Å². The van der Waals surface area contributed by atoms with Crippen LogP contribution in [0.2, 0.25) is 0 Å². The number of nitrogen functional groups attached to an aromatic ring is 1. The molecule has 14 heteroatoms. The standard InChI is InChI=1S/C17H18F3N5O5S/c1-7-4-5-9(29-3)8(2)13(7)25-14(21)11(15(22)26)12-16(25)23-6-10(24-12)30-31(27,28)17(18,19)20/h4-6,8-9H,21H2,1-3H3,(H2,22,26)/t8-,9-/m1/s1. The molecule has 2 heterocycles. The Morgan fingerprint density at radius 2 is 1.97 bits per heavy atom. The summed E-state index contributed by atoms with van der Waals surface area (Å²) in [5.74, 6) is -2.46. The molecule has 0 spiro atoms. The normalized spacial score (nSPS) is 19.8. The van der Waals surface area contributed by atoms with Gasteiger partial charge in [0.2, 0.25) is 0 Å². The highest BCUT2D eigenvalue weighted by atomic mass is 32.2. The second-order valence-electron chi connectivity index (χ2n) is 6.74. The van der Waals surface area contributed by atoms with Gasteiger partial charge in [-0.05, 0) is 12.5 Å². The van der Waals surface area contributed by atoms with Crippen molar-refractivity contribution in [3.63, 3.8) is 0 Å². The molecule has 0 bridgehead atoms. The Labute approximate surface area is 174 Å². The van der Waals surface area contributed by atoms with E-state index < -0.39 is 27.4 Å². The molecule has 2 atom stereocenters. The molecule has 0 fully saturated rings. The molecule has 10 nitrogen and oxygen atoms in total. The van der Waals surface area contributed by atoms with Gasteiger partial charge in [-0.2, -0.15) is 21.6 Å². The van der Waals surface area contributed by atoms with Crippen LogP contribution in [0.3, 0.4) is 0 Å². The summed E-state index contributed by atoms with van der Waals surface area (Å²) < 4.78 is 71.3. The number of amides is 1. The molecule has 168 valence electrons. The fourth-order valence-corrected chi connectivity index (χ4v) is 3.80. The first kappa shape index (κ1) is 22.6. The van der Waals surface area contributed by atoms with Gasteiger partial charge in [-0.1, -0.05) is 19.1 Å². The van der Waals surface area contributed by atoms with Crippen molar-refractivity contribution in [2.75, 3.05) is 12.8 Å². The number of carbonyl (C=O) groups excluding carboxylic acids is 1. The fourth-order valence-electron chi connectivity index (χ4n) is 3.40. The van der Waals surface area contributed by atoms with Crippen molar-refractivity contribution in [1.82, 2.24) is 14.5 Å². The van der Waals surface area contributed by atoms with Crippen molar-refractivity contribution in [2.45, 2.75) is 25.5 Å². The van der Waals surface area contributed by atoms with E-state index >= 15 is 0 Å². The predicted molar refractivity (Wildman–Crippen MR) is 104 cm³/mol. The number of aromatic nitrogens is 3. The van der Waals surface area contributed by atoms with E-state index in [0.717, 1.165) is 5.57 Å². The van der Waals surface area contributed by atoms with Crippen LogP contribution < -0.4 is 15.7 Å². The summed E-state index contributed by atoms with van der Waals surface area (Å²) >= 11 is 0. The summed E-state index contributed by atoms with van der Waals surface area (Å²) in [5.41, 5.74) is 6.55. The fraction of sp³-hybridized carbons (Fsp3) is 0.353. The molecule has 0 aromatic carbocycles. The van der Waals surface area contributed by atoms with Gasteiger partial charge in [-0.3, -0.25) is 9.36 Å². The number of methoxy groups -OCH3 is 1. The number of alkyl halides is 3. The van der Waals surface area contributed by atoms with Gasteiger partial charge in [0, 0.05) is 18.7 Å². The number of nitrogens with zero attached hydrogens (tertiary/aromatic N) is 3. The number of halogens is 3. The maximum Gasteiger partial charge on any atom is 0.534 e. The number of primary amides is 1. The van der Waals surface area contributed by atoms with Gasteiger partial charge in [0.15, 0.2) is 5.65 Å². The van der Waals surface area contributed by atoms with Gasteiger partial charge in [-0.25, -0.2) is 9.97 Å². The van der Waals surface area contributed by atoms with Crippen molar-refractivity contribution < 1.29 is 35.3 Å². The molecule has 0 radical (unpaired) electrons. The maximum atomic E-state index is 12.6. The number of nitrogens with two attached hydrogens (primary N) is 2. The smallest absolute Gasteiger partial charge is 0.384 e. The lowest BCUT2D eigenvalue weighted by molar-refractivity contribution is -0.0501. The van der Waals surface area contributed by atoms with E-state index in [4.69, 9.17) is 16.2 Å². The first-order valence-corrected chi connectivity index (χ1v) is 10.1. The van der Waals surface area contributed by atoms with Crippen molar-refractivity contribution in [1.29, 1.82) is 0 Å². The predicted octanol–water partition coefficient (Wildman–Crippen LogP) is 1.79. The zero-order valence-corrected chi connectivity index (χ0v) is 17.3. The van der Waals surface area contributed by atoms with Gasteiger partial charge in [0.1, 0.15) is 16.9 Å². The monoisotopic (exact) mass is 461 g/mol. The second kappa shape index (κ2) is 7.53. The number of carbonyl (C=O) groups is 1. The molecule has 2 aromatic rings. The molecule has 0 saturated heterocycles. The minimum atomic E-state index is -6.00. The largest absolute Gasteiger partial charge is 0.534 e. The molecule has 4 N–H and O–H groups in total. The quantitative estimate of drug-likeness (QED) is 0.505. The number of hydrogen-bond acceptors (Lipinski definition) is 8. The van der Waals surface area contributed by atoms with Crippen LogP contribution in [0.25, 0.3) is 16.9 Å². The number of hydrogen-bond donors (Lipinski definition) is 2. The SMILES string of the molecule is CO[C@@H]1C=CC(C)=C(n2c(N)c(C(N)=O)c3nc(OS(=O)(=O)C(F)(F)F)cnc32)[C@@H]1C. The minimum absolute atomic E-state index is 0.0191. The van der Waals surface area contributed by atoms with Gasteiger partial charge in [0.25, 0.3) is 11.8 Å². The summed E-state index contributed by atoms with van der Waals surface area (Å²) in [6.45, 7) is 3.62. The van der Waals surface area contributed by atoms with Gasteiger partial charge in [0.05, 0.1) is 12.3 Å². The lowest BCUT2D eigenvalue weighted by atomic mass is 9.91. The molecule has 1 amide bonds. The summed E-state index contributed by atoms with van der Waals surface area (Å²) in [5, 5.41) is 0. The third kappa shape index (κ3) is 3.72. The van der Waals surface area contributed by atoms with Gasteiger partial charge in [-0.15, -0.1) is 0 Å². The van der Waals surface area contributed by atoms with E-state index in [1.807, 2.05) is 13.0 Å². The van der Waals surface area contributed by atoms with Crippen LogP contribution in [0, 0.1) is 5.92 Å². The Morgan fingerprint density at radius 1 is 1.32 bits per heavy atom. The highest BCUT2D eigenvalue weighted by molar-refractivity contribution is 7.87. The van der Waals surface area contributed by atoms with E-state index in [0.29, 0.717) is 11.9 Å². The minimum Gasteiger partial charge on any atom is -0.384 e. The molecule has 1 aliphatic rings. The average molecular weight is 461 g/mol. The Morgan fingerprint density at radius 3 is 2.52 bits per heavy atom. The number of ether oxygens (including phenoxy) is 1. The van der Waals surface area contributed by atoms with Crippen LogP contribution in [-0.4, -0.2) is 47.6 Å². The first-order chi connectivity index (χ1) is 14.3. The molecule has 3 rings (SSSR count).